The first-order valence-corrected chi connectivity index (χ1v) is 4.68. The minimum Gasteiger partial charge on any atom is -0.465 e. The molecule has 0 aliphatic rings. The van der Waals surface area contributed by atoms with Crippen molar-refractivity contribution in [3.8, 4) is 0 Å². The monoisotopic (exact) mass is 248 g/mol. The molecule has 0 aliphatic carbocycles. The molecule has 4 N–H and O–H groups in total. The molecule has 1 aromatic rings. The van der Waals surface area contributed by atoms with Crippen LogP contribution in [0.3, 0.4) is 0 Å². The lowest BCUT2D eigenvalue weighted by Crippen LogP contribution is -2.26. The summed E-state index contributed by atoms with van der Waals surface area (Å²) in [6.45, 7) is 1.33. The molecule has 0 aromatic heterocycles. The van der Waals surface area contributed by atoms with Crippen molar-refractivity contribution in [2.24, 2.45) is 0 Å². The van der Waals surface area contributed by atoms with Gasteiger partial charge in [-0.2, -0.15) is 13.2 Å². The Bertz CT molecular complexity index is 432. The van der Waals surface area contributed by atoms with E-state index in [-0.39, 0.29) is 11.3 Å². The summed E-state index contributed by atoms with van der Waals surface area (Å²) in [7, 11) is 0. The average Bonchev–Trinajstić information content (AvgIpc) is 2.14. The number of alkyl halides is 3. The summed E-state index contributed by atoms with van der Waals surface area (Å²) < 4.78 is 38.1. The van der Waals surface area contributed by atoms with E-state index in [0.717, 1.165) is 6.07 Å². The molecule has 0 aliphatic heterocycles. The lowest BCUT2D eigenvalue weighted by Gasteiger charge is -2.18. The quantitative estimate of drug-likeness (QED) is 0.704. The van der Waals surface area contributed by atoms with Crippen LogP contribution in [-0.2, 0) is 6.18 Å². The molecule has 1 unspecified atom stereocenters. The number of anilines is 1. The zero-order chi connectivity index (χ0) is 13.2. The number of halogens is 3. The van der Waals surface area contributed by atoms with Gasteiger partial charge < -0.3 is 16.2 Å². The molecular formula is C10H11F3N2O2. The van der Waals surface area contributed by atoms with Crippen molar-refractivity contribution in [1.29, 1.82) is 0 Å². The van der Waals surface area contributed by atoms with E-state index in [4.69, 9.17) is 10.8 Å². The Kier molecular flexibility index (Phi) is 3.50. The first-order valence-electron chi connectivity index (χ1n) is 4.68. The number of hydrogen-bond acceptors (Lipinski definition) is 2. The van der Waals surface area contributed by atoms with E-state index < -0.39 is 23.9 Å². The van der Waals surface area contributed by atoms with Gasteiger partial charge in [-0.25, -0.2) is 4.79 Å². The third-order valence-corrected chi connectivity index (χ3v) is 2.19. The summed E-state index contributed by atoms with van der Waals surface area (Å²) in [6, 6.07) is 2.28. The average molecular weight is 248 g/mol. The molecule has 0 bridgehead atoms. The summed E-state index contributed by atoms with van der Waals surface area (Å²) in [6.07, 6.45) is -5.96. The van der Waals surface area contributed by atoms with Crippen LogP contribution in [0.5, 0.6) is 0 Å². The standard InChI is InChI=1S/C10H11F3N2O2/c1-5(15-9(16)17)7-3-2-6(14)4-8(7)10(11,12)13/h2-5,15H,14H2,1H3,(H,16,17). The highest BCUT2D eigenvalue weighted by atomic mass is 19.4. The molecule has 94 valence electrons. The SMILES string of the molecule is CC(NC(=O)O)c1ccc(N)cc1C(F)(F)F. The second-order valence-corrected chi connectivity index (χ2v) is 3.52. The van der Waals surface area contributed by atoms with Crippen molar-refractivity contribution in [1.82, 2.24) is 5.32 Å². The molecule has 0 saturated heterocycles. The van der Waals surface area contributed by atoms with Crippen LogP contribution in [0.4, 0.5) is 23.7 Å². The summed E-state index contributed by atoms with van der Waals surface area (Å²) in [4.78, 5) is 10.4. The molecule has 0 saturated carbocycles. The number of amides is 1. The van der Waals surface area contributed by atoms with Gasteiger partial charge in [-0.1, -0.05) is 6.07 Å². The van der Waals surface area contributed by atoms with Crippen LogP contribution in [0.25, 0.3) is 0 Å². The van der Waals surface area contributed by atoms with E-state index in [1.165, 1.54) is 19.1 Å². The first-order chi connectivity index (χ1) is 7.71. The van der Waals surface area contributed by atoms with Gasteiger partial charge in [0.1, 0.15) is 0 Å². The van der Waals surface area contributed by atoms with Crippen LogP contribution in [0.1, 0.15) is 24.1 Å². The van der Waals surface area contributed by atoms with E-state index >= 15 is 0 Å². The molecule has 0 spiro atoms. The van der Waals surface area contributed by atoms with E-state index in [0.29, 0.717) is 0 Å². The molecule has 1 atom stereocenters. The second kappa shape index (κ2) is 4.52. The van der Waals surface area contributed by atoms with Crippen molar-refractivity contribution >= 4 is 11.8 Å². The van der Waals surface area contributed by atoms with Gasteiger partial charge in [-0.05, 0) is 24.6 Å². The van der Waals surface area contributed by atoms with Crippen LogP contribution in [0, 0.1) is 0 Å². The number of nitrogens with one attached hydrogen (secondary N) is 1. The van der Waals surface area contributed by atoms with E-state index in [1.54, 1.807) is 0 Å². The summed E-state index contributed by atoms with van der Waals surface area (Å²) in [5.41, 5.74) is 4.17. The number of rotatable bonds is 2. The third kappa shape index (κ3) is 3.27. The largest absolute Gasteiger partial charge is 0.465 e. The number of nitrogen functional groups attached to an aromatic ring is 1. The first kappa shape index (κ1) is 13.1. The van der Waals surface area contributed by atoms with E-state index in [9.17, 15) is 18.0 Å². The zero-order valence-electron chi connectivity index (χ0n) is 8.88. The Morgan fingerprint density at radius 3 is 2.53 bits per heavy atom. The fourth-order valence-corrected chi connectivity index (χ4v) is 1.46. The number of nitrogens with two attached hydrogens (primary N) is 1. The van der Waals surface area contributed by atoms with Gasteiger partial charge in [0.05, 0.1) is 11.6 Å². The van der Waals surface area contributed by atoms with Gasteiger partial charge in [-0.15, -0.1) is 0 Å². The predicted molar refractivity (Wildman–Crippen MR) is 55.4 cm³/mol. The topological polar surface area (TPSA) is 75.3 Å². The van der Waals surface area contributed by atoms with Crippen LogP contribution in [0.15, 0.2) is 18.2 Å². The highest BCUT2D eigenvalue weighted by Gasteiger charge is 2.34. The molecule has 1 aromatic carbocycles. The Morgan fingerprint density at radius 1 is 1.47 bits per heavy atom. The van der Waals surface area contributed by atoms with Gasteiger partial charge in [0.2, 0.25) is 0 Å². The van der Waals surface area contributed by atoms with Crippen molar-refractivity contribution in [2.75, 3.05) is 5.73 Å². The number of carbonyl (C=O) groups is 1. The lowest BCUT2D eigenvalue weighted by molar-refractivity contribution is -0.138. The molecule has 7 heteroatoms. The molecule has 0 fully saturated rings. The summed E-state index contributed by atoms with van der Waals surface area (Å²) >= 11 is 0. The Morgan fingerprint density at radius 2 is 2.06 bits per heavy atom. The molecule has 17 heavy (non-hydrogen) atoms. The Balaban J connectivity index is 3.19. The molecular weight excluding hydrogens is 237 g/mol. The predicted octanol–water partition coefficient (Wildman–Crippen LogP) is 2.62. The fraction of sp³-hybridized carbons (Fsp3) is 0.300. The van der Waals surface area contributed by atoms with Crippen LogP contribution in [0.2, 0.25) is 0 Å². The summed E-state index contributed by atoms with van der Waals surface area (Å²) in [5.74, 6) is 0. The second-order valence-electron chi connectivity index (χ2n) is 3.52. The van der Waals surface area contributed by atoms with Gasteiger partial charge in [0.15, 0.2) is 0 Å². The Hall–Kier alpha value is -1.92. The van der Waals surface area contributed by atoms with Crippen molar-refractivity contribution in [3.63, 3.8) is 0 Å². The minimum absolute atomic E-state index is 0.0244. The fourth-order valence-electron chi connectivity index (χ4n) is 1.46. The smallest absolute Gasteiger partial charge is 0.416 e. The molecule has 1 amide bonds. The highest BCUT2D eigenvalue weighted by molar-refractivity contribution is 5.65. The van der Waals surface area contributed by atoms with Gasteiger partial charge in [-0.3, -0.25) is 0 Å². The third-order valence-electron chi connectivity index (χ3n) is 2.19. The number of hydrogen-bond donors (Lipinski definition) is 3. The van der Waals surface area contributed by atoms with Gasteiger partial charge in [0, 0.05) is 5.69 Å². The van der Waals surface area contributed by atoms with E-state index in [1.807, 2.05) is 5.32 Å². The summed E-state index contributed by atoms with van der Waals surface area (Å²) in [5, 5.41) is 10.4. The number of carboxylic acid groups (broad SMARTS) is 1. The zero-order valence-corrected chi connectivity index (χ0v) is 8.88. The van der Waals surface area contributed by atoms with Crippen molar-refractivity contribution in [2.45, 2.75) is 19.1 Å². The van der Waals surface area contributed by atoms with Crippen LogP contribution < -0.4 is 11.1 Å². The molecule has 0 heterocycles. The minimum atomic E-state index is -4.57. The van der Waals surface area contributed by atoms with Crippen molar-refractivity contribution < 1.29 is 23.1 Å². The normalized spacial score (nSPS) is 13.2. The number of benzene rings is 1. The maximum atomic E-state index is 12.7. The highest BCUT2D eigenvalue weighted by Crippen LogP contribution is 2.35. The lowest BCUT2D eigenvalue weighted by atomic mass is 10.0. The van der Waals surface area contributed by atoms with Gasteiger partial charge >= 0.3 is 12.3 Å². The van der Waals surface area contributed by atoms with E-state index in [2.05, 4.69) is 0 Å². The van der Waals surface area contributed by atoms with Crippen molar-refractivity contribution in [3.05, 3.63) is 29.3 Å². The molecule has 4 nitrogen and oxygen atoms in total. The van der Waals surface area contributed by atoms with Crippen LogP contribution >= 0.6 is 0 Å². The van der Waals surface area contributed by atoms with Crippen LogP contribution in [-0.4, -0.2) is 11.2 Å². The van der Waals surface area contributed by atoms with Gasteiger partial charge in [0.25, 0.3) is 0 Å². The molecule has 1 rings (SSSR count). The maximum absolute atomic E-state index is 12.7. The molecule has 0 radical (unpaired) electrons. The maximum Gasteiger partial charge on any atom is 0.416 e. The Labute approximate surface area is 95.2 Å².